The Morgan fingerprint density at radius 2 is 2.28 bits per heavy atom. The molecule has 0 aromatic heterocycles. The zero-order chi connectivity index (χ0) is 13.1. The highest BCUT2D eigenvalue weighted by atomic mass is 19.1. The maximum absolute atomic E-state index is 13.9. The zero-order valence-corrected chi connectivity index (χ0v) is 10.9. The monoisotopic (exact) mass is 250 g/mol. The van der Waals surface area contributed by atoms with Crippen LogP contribution in [-0.4, -0.2) is 44.4 Å². The molecule has 1 unspecified atom stereocenters. The predicted octanol–water partition coefficient (Wildman–Crippen LogP) is 2.17. The average Bonchev–Trinajstić information content (AvgIpc) is 2.37. The molecule has 0 saturated carbocycles. The van der Waals surface area contributed by atoms with E-state index in [9.17, 15) is 9.18 Å². The maximum Gasteiger partial charge on any atom is 0.150 e. The van der Waals surface area contributed by atoms with Gasteiger partial charge in [-0.3, -0.25) is 4.79 Å². The first-order valence-electron chi connectivity index (χ1n) is 6.28. The van der Waals surface area contributed by atoms with Gasteiger partial charge in [0.05, 0.1) is 5.69 Å². The summed E-state index contributed by atoms with van der Waals surface area (Å²) in [6.45, 7) is 2.06. The van der Waals surface area contributed by atoms with Crippen LogP contribution in [0, 0.1) is 5.82 Å². The van der Waals surface area contributed by atoms with Crippen molar-refractivity contribution < 1.29 is 9.18 Å². The van der Waals surface area contributed by atoms with E-state index < -0.39 is 0 Å². The van der Waals surface area contributed by atoms with Gasteiger partial charge >= 0.3 is 0 Å². The first-order chi connectivity index (χ1) is 8.61. The summed E-state index contributed by atoms with van der Waals surface area (Å²) in [7, 11) is 4.01. The van der Waals surface area contributed by atoms with Gasteiger partial charge in [0, 0.05) is 25.2 Å². The van der Waals surface area contributed by atoms with E-state index in [0.717, 1.165) is 25.9 Å². The van der Waals surface area contributed by atoms with Crippen LogP contribution in [0.25, 0.3) is 0 Å². The Hall–Kier alpha value is -1.42. The highest BCUT2D eigenvalue weighted by Gasteiger charge is 2.22. The van der Waals surface area contributed by atoms with Gasteiger partial charge in [-0.25, -0.2) is 4.39 Å². The molecule has 3 nitrogen and oxygen atoms in total. The molecular weight excluding hydrogens is 231 g/mol. The molecule has 1 aromatic carbocycles. The lowest BCUT2D eigenvalue weighted by Gasteiger charge is -2.37. The van der Waals surface area contributed by atoms with Gasteiger partial charge in [-0.1, -0.05) is 0 Å². The van der Waals surface area contributed by atoms with E-state index in [1.54, 1.807) is 12.1 Å². The molecule has 1 aromatic rings. The van der Waals surface area contributed by atoms with Crippen molar-refractivity contribution in [3.05, 3.63) is 29.6 Å². The van der Waals surface area contributed by atoms with Crippen molar-refractivity contribution in [1.82, 2.24) is 4.90 Å². The summed E-state index contributed by atoms with van der Waals surface area (Å²) in [4.78, 5) is 14.8. The fourth-order valence-electron chi connectivity index (χ4n) is 2.53. The molecular formula is C14H19FN2O. The van der Waals surface area contributed by atoms with Crippen LogP contribution in [0.2, 0.25) is 0 Å². The summed E-state index contributed by atoms with van der Waals surface area (Å²) in [5.74, 6) is -0.324. The first kappa shape index (κ1) is 13.0. The SMILES string of the molecule is CN1CCCC(N(C)c2ccc(C=O)cc2F)C1. The van der Waals surface area contributed by atoms with E-state index in [4.69, 9.17) is 0 Å². The molecule has 1 aliphatic heterocycles. The summed E-state index contributed by atoms with van der Waals surface area (Å²) in [5, 5.41) is 0. The molecule has 0 bridgehead atoms. The second-order valence-electron chi connectivity index (χ2n) is 5.00. The third kappa shape index (κ3) is 2.70. The van der Waals surface area contributed by atoms with Gasteiger partial charge < -0.3 is 9.80 Å². The minimum Gasteiger partial charge on any atom is -0.368 e. The van der Waals surface area contributed by atoms with Crippen LogP contribution in [0.15, 0.2) is 18.2 Å². The molecule has 0 spiro atoms. The lowest BCUT2D eigenvalue weighted by Crippen LogP contribution is -2.45. The number of benzene rings is 1. The molecule has 2 rings (SSSR count). The lowest BCUT2D eigenvalue weighted by molar-refractivity contribution is 0.112. The lowest BCUT2D eigenvalue weighted by atomic mass is 10.0. The Kier molecular flexibility index (Phi) is 3.97. The summed E-state index contributed by atoms with van der Waals surface area (Å²) >= 11 is 0. The third-order valence-corrected chi connectivity index (χ3v) is 3.64. The molecule has 1 heterocycles. The van der Waals surface area contributed by atoms with Gasteiger partial charge in [-0.2, -0.15) is 0 Å². The molecule has 0 N–H and O–H groups in total. The van der Waals surface area contributed by atoms with Gasteiger partial charge in [0.1, 0.15) is 12.1 Å². The van der Waals surface area contributed by atoms with Crippen molar-refractivity contribution in [2.24, 2.45) is 0 Å². The smallest absolute Gasteiger partial charge is 0.150 e. The zero-order valence-electron chi connectivity index (χ0n) is 10.9. The average molecular weight is 250 g/mol. The van der Waals surface area contributed by atoms with E-state index in [2.05, 4.69) is 11.9 Å². The summed E-state index contributed by atoms with van der Waals surface area (Å²) in [6, 6.07) is 4.98. The predicted molar refractivity (Wildman–Crippen MR) is 70.7 cm³/mol. The van der Waals surface area contributed by atoms with E-state index in [1.807, 2.05) is 11.9 Å². The number of rotatable bonds is 3. The number of carbonyl (C=O) groups excluding carboxylic acids is 1. The van der Waals surface area contributed by atoms with Crippen LogP contribution in [0.1, 0.15) is 23.2 Å². The van der Waals surface area contributed by atoms with E-state index in [1.165, 1.54) is 6.07 Å². The van der Waals surface area contributed by atoms with Gasteiger partial charge in [0.2, 0.25) is 0 Å². The van der Waals surface area contributed by atoms with Crippen molar-refractivity contribution in [2.45, 2.75) is 18.9 Å². The summed E-state index contributed by atoms with van der Waals surface area (Å²) in [6.07, 6.45) is 2.89. The number of likely N-dealkylation sites (tertiary alicyclic amines) is 1. The van der Waals surface area contributed by atoms with E-state index in [0.29, 0.717) is 23.6 Å². The normalized spacial score (nSPS) is 20.7. The van der Waals surface area contributed by atoms with Gasteiger partial charge in [0.15, 0.2) is 0 Å². The van der Waals surface area contributed by atoms with Crippen molar-refractivity contribution >= 4 is 12.0 Å². The number of likely N-dealkylation sites (N-methyl/N-ethyl adjacent to an activating group) is 2. The highest BCUT2D eigenvalue weighted by Crippen LogP contribution is 2.24. The molecule has 18 heavy (non-hydrogen) atoms. The van der Waals surface area contributed by atoms with Crippen LogP contribution >= 0.6 is 0 Å². The fraction of sp³-hybridized carbons (Fsp3) is 0.500. The number of hydrogen-bond acceptors (Lipinski definition) is 3. The molecule has 1 saturated heterocycles. The van der Waals surface area contributed by atoms with E-state index >= 15 is 0 Å². The number of aldehydes is 1. The van der Waals surface area contributed by atoms with Crippen LogP contribution < -0.4 is 4.90 Å². The van der Waals surface area contributed by atoms with Gasteiger partial charge in [-0.15, -0.1) is 0 Å². The Balaban J connectivity index is 2.17. The molecule has 0 amide bonds. The largest absolute Gasteiger partial charge is 0.368 e. The number of anilines is 1. The Morgan fingerprint density at radius 3 is 2.89 bits per heavy atom. The number of piperidine rings is 1. The van der Waals surface area contributed by atoms with Crippen LogP contribution in [0.3, 0.4) is 0 Å². The maximum atomic E-state index is 13.9. The van der Waals surface area contributed by atoms with Gasteiger partial charge in [0.25, 0.3) is 0 Å². The quantitative estimate of drug-likeness (QED) is 0.768. The number of hydrogen-bond donors (Lipinski definition) is 0. The second kappa shape index (κ2) is 5.48. The summed E-state index contributed by atoms with van der Waals surface area (Å²) in [5.41, 5.74) is 0.950. The van der Waals surface area contributed by atoms with Crippen molar-refractivity contribution in [3.63, 3.8) is 0 Å². The minimum atomic E-state index is -0.324. The van der Waals surface area contributed by atoms with Crippen molar-refractivity contribution in [1.29, 1.82) is 0 Å². The molecule has 1 aliphatic rings. The minimum absolute atomic E-state index is 0.324. The van der Waals surface area contributed by atoms with Crippen LogP contribution in [0.4, 0.5) is 10.1 Å². The molecule has 0 aliphatic carbocycles. The Labute approximate surface area is 107 Å². The number of halogens is 1. The Morgan fingerprint density at radius 1 is 1.50 bits per heavy atom. The number of nitrogens with zero attached hydrogens (tertiary/aromatic N) is 2. The van der Waals surface area contributed by atoms with Gasteiger partial charge in [-0.05, 0) is 44.6 Å². The van der Waals surface area contributed by atoms with Crippen LogP contribution in [0.5, 0.6) is 0 Å². The molecule has 1 fully saturated rings. The molecule has 0 radical (unpaired) electrons. The second-order valence-corrected chi connectivity index (χ2v) is 5.00. The standard InChI is InChI=1S/C14H19FN2O/c1-16-7-3-4-12(9-16)17(2)14-6-5-11(10-18)8-13(14)15/h5-6,8,10,12H,3-4,7,9H2,1-2H3. The van der Waals surface area contributed by atoms with Crippen LogP contribution in [-0.2, 0) is 0 Å². The first-order valence-corrected chi connectivity index (χ1v) is 6.28. The molecule has 98 valence electrons. The molecule has 4 heteroatoms. The van der Waals surface area contributed by atoms with Crippen molar-refractivity contribution in [2.75, 3.05) is 32.1 Å². The topological polar surface area (TPSA) is 23.6 Å². The summed E-state index contributed by atoms with van der Waals surface area (Å²) < 4.78 is 13.9. The highest BCUT2D eigenvalue weighted by molar-refractivity contribution is 5.76. The fourth-order valence-corrected chi connectivity index (χ4v) is 2.53. The third-order valence-electron chi connectivity index (χ3n) is 3.64. The molecule has 1 atom stereocenters. The van der Waals surface area contributed by atoms with Crippen molar-refractivity contribution in [3.8, 4) is 0 Å². The van der Waals surface area contributed by atoms with E-state index in [-0.39, 0.29) is 5.82 Å². The Bertz CT molecular complexity index is 436. The number of carbonyl (C=O) groups is 1.